The van der Waals surface area contributed by atoms with Gasteiger partial charge in [-0.1, -0.05) is 24.6 Å². The molecule has 2 atom stereocenters. The molecule has 1 saturated heterocycles. The third-order valence-electron chi connectivity index (χ3n) is 3.68. The Morgan fingerprint density at radius 1 is 1.18 bits per heavy atom. The Labute approximate surface area is 132 Å². The van der Waals surface area contributed by atoms with Crippen LogP contribution in [0.15, 0.2) is 29.2 Å². The predicted molar refractivity (Wildman–Crippen MR) is 83.4 cm³/mol. The molecule has 1 aromatic rings. The van der Waals surface area contributed by atoms with Crippen LogP contribution in [0.3, 0.4) is 0 Å². The number of nitrogens with zero attached hydrogens (tertiary/aromatic N) is 1. The van der Waals surface area contributed by atoms with Crippen LogP contribution in [0.25, 0.3) is 0 Å². The van der Waals surface area contributed by atoms with Crippen LogP contribution in [0.2, 0.25) is 0 Å². The number of aryl methyl sites for hydroxylation is 1. The van der Waals surface area contributed by atoms with E-state index in [4.69, 9.17) is 4.18 Å². The van der Waals surface area contributed by atoms with Crippen LogP contribution in [-0.2, 0) is 24.3 Å². The summed E-state index contributed by atoms with van der Waals surface area (Å²) in [6.45, 7) is 4.05. The van der Waals surface area contributed by atoms with Crippen LogP contribution < -0.4 is 0 Å². The van der Waals surface area contributed by atoms with Crippen molar-refractivity contribution in [2.24, 2.45) is 5.92 Å². The summed E-state index contributed by atoms with van der Waals surface area (Å²) >= 11 is 0. The number of benzene rings is 1. The van der Waals surface area contributed by atoms with Crippen molar-refractivity contribution in [1.82, 2.24) is 4.31 Å². The molecule has 8 heteroatoms. The van der Waals surface area contributed by atoms with Gasteiger partial charge in [-0.05, 0) is 31.4 Å². The van der Waals surface area contributed by atoms with Gasteiger partial charge < -0.3 is 0 Å². The highest BCUT2D eigenvalue weighted by Crippen LogP contribution is 2.29. The lowest BCUT2D eigenvalue weighted by Crippen LogP contribution is -2.38. The van der Waals surface area contributed by atoms with E-state index in [0.29, 0.717) is 13.0 Å². The van der Waals surface area contributed by atoms with Gasteiger partial charge >= 0.3 is 0 Å². The van der Waals surface area contributed by atoms with Gasteiger partial charge in [0.25, 0.3) is 10.1 Å². The van der Waals surface area contributed by atoms with Crippen LogP contribution in [-0.4, -0.2) is 46.6 Å². The summed E-state index contributed by atoms with van der Waals surface area (Å²) in [5, 5.41) is 0. The first-order valence-electron chi connectivity index (χ1n) is 7.02. The van der Waals surface area contributed by atoms with E-state index < -0.39 is 26.2 Å². The molecular weight excluding hydrogens is 326 g/mol. The molecule has 1 aliphatic rings. The van der Waals surface area contributed by atoms with Crippen LogP contribution in [0.1, 0.15) is 18.9 Å². The molecule has 0 saturated carbocycles. The fourth-order valence-electron chi connectivity index (χ4n) is 2.61. The van der Waals surface area contributed by atoms with Crippen molar-refractivity contribution >= 4 is 20.1 Å². The van der Waals surface area contributed by atoms with Crippen LogP contribution >= 0.6 is 0 Å². The van der Waals surface area contributed by atoms with E-state index in [0.717, 1.165) is 11.8 Å². The quantitative estimate of drug-likeness (QED) is 0.752. The lowest BCUT2D eigenvalue weighted by Gasteiger charge is -2.23. The van der Waals surface area contributed by atoms with Gasteiger partial charge in [0.2, 0.25) is 10.0 Å². The van der Waals surface area contributed by atoms with E-state index >= 15 is 0 Å². The number of hydrogen-bond acceptors (Lipinski definition) is 5. The van der Waals surface area contributed by atoms with Crippen LogP contribution in [0.5, 0.6) is 0 Å². The van der Waals surface area contributed by atoms with Gasteiger partial charge in [0.15, 0.2) is 0 Å². The average Bonchev–Trinajstić information content (AvgIpc) is 2.78. The Hall–Kier alpha value is -0.960. The Morgan fingerprint density at radius 3 is 2.32 bits per heavy atom. The van der Waals surface area contributed by atoms with Crippen molar-refractivity contribution < 1.29 is 21.0 Å². The van der Waals surface area contributed by atoms with E-state index in [1.165, 1.54) is 4.31 Å². The number of rotatable bonds is 5. The van der Waals surface area contributed by atoms with E-state index in [-0.39, 0.29) is 17.4 Å². The molecule has 1 fully saturated rings. The molecule has 0 bridgehead atoms. The van der Waals surface area contributed by atoms with E-state index in [9.17, 15) is 16.8 Å². The highest BCUT2D eigenvalue weighted by Gasteiger charge is 2.39. The maximum atomic E-state index is 12.7. The monoisotopic (exact) mass is 347 g/mol. The number of hydrogen-bond donors (Lipinski definition) is 0. The van der Waals surface area contributed by atoms with Gasteiger partial charge in [-0.25, -0.2) is 8.42 Å². The molecule has 22 heavy (non-hydrogen) atoms. The van der Waals surface area contributed by atoms with Gasteiger partial charge in [0.05, 0.1) is 23.8 Å². The second-order valence-electron chi connectivity index (χ2n) is 5.87. The van der Waals surface area contributed by atoms with Gasteiger partial charge in [-0.2, -0.15) is 12.7 Å². The molecule has 0 spiro atoms. The van der Waals surface area contributed by atoms with Crippen molar-refractivity contribution in [2.75, 3.05) is 19.4 Å². The zero-order valence-corrected chi connectivity index (χ0v) is 14.5. The zero-order valence-electron chi connectivity index (χ0n) is 12.9. The fraction of sp³-hybridized carbons (Fsp3) is 0.571. The normalized spacial score (nSPS) is 23.8. The zero-order chi connectivity index (χ0) is 16.5. The van der Waals surface area contributed by atoms with Crippen molar-refractivity contribution in [2.45, 2.75) is 31.2 Å². The molecule has 2 rings (SSSR count). The maximum absolute atomic E-state index is 12.7. The summed E-state index contributed by atoms with van der Waals surface area (Å²) in [6.07, 6.45) is 1.55. The Balaban J connectivity index is 2.25. The molecule has 0 unspecified atom stereocenters. The first-order chi connectivity index (χ1) is 10.1. The second-order valence-corrected chi connectivity index (χ2v) is 9.41. The highest BCUT2D eigenvalue weighted by molar-refractivity contribution is 7.89. The Kier molecular flexibility index (Phi) is 4.96. The summed E-state index contributed by atoms with van der Waals surface area (Å²) in [7, 11) is -7.24. The number of sulfonamides is 1. The lowest BCUT2D eigenvalue weighted by molar-refractivity contribution is 0.238. The molecular formula is C14H21NO5S2. The summed E-state index contributed by atoms with van der Waals surface area (Å²) in [6, 6.07) is 6.17. The SMILES string of the molecule is Cc1ccc(S(=O)(=O)N2C[C@H](C)C[C@H]2COS(C)(=O)=O)cc1. The highest BCUT2D eigenvalue weighted by atomic mass is 32.2. The molecule has 1 aromatic carbocycles. The van der Waals surface area contributed by atoms with E-state index in [1.807, 2.05) is 13.8 Å². The van der Waals surface area contributed by atoms with Crippen molar-refractivity contribution in [3.8, 4) is 0 Å². The molecule has 0 amide bonds. The van der Waals surface area contributed by atoms with E-state index in [1.54, 1.807) is 24.3 Å². The summed E-state index contributed by atoms with van der Waals surface area (Å²) in [4.78, 5) is 0.219. The summed E-state index contributed by atoms with van der Waals surface area (Å²) < 4.78 is 53.9. The lowest BCUT2D eigenvalue weighted by atomic mass is 10.1. The summed E-state index contributed by atoms with van der Waals surface area (Å²) in [5.41, 5.74) is 0.977. The van der Waals surface area contributed by atoms with Crippen LogP contribution in [0, 0.1) is 12.8 Å². The molecule has 1 heterocycles. The Morgan fingerprint density at radius 2 is 1.77 bits per heavy atom. The van der Waals surface area contributed by atoms with Gasteiger partial charge in [0, 0.05) is 6.54 Å². The third kappa shape index (κ3) is 4.07. The van der Waals surface area contributed by atoms with Crippen LogP contribution in [0.4, 0.5) is 0 Å². The fourth-order valence-corrected chi connectivity index (χ4v) is 4.75. The minimum absolute atomic E-state index is 0.145. The Bertz CT molecular complexity index is 725. The maximum Gasteiger partial charge on any atom is 0.264 e. The second kappa shape index (κ2) is 6.27. The minimum Gasteiger partial charge on any atom is -0.269 e. The standard InChI is InChI=1S/C14H21NO5S2/c1-11-4-6-14(7-5-11)22(18,19)15-9-12(2)8-13(15)10-20-21(3,16)17/h4-7,12-13H,8-10H2,1-3H3/t12-,13+/m1/s1. The molecule has 0 aliphatic carbocycles. The average molecular weight is 347 g/mol. The third-order valence-corrected chi connectivity index (χ3v) is 6.17. The molecule has 6 nitrogen and oxygen atoms in total. The first kappa shape index (κ1) is 17.4. The first-order valence-corrected chi connectivity index (χ1v) is 10.3. The van der Waals surface area contributed by atoms with Crippen molar-refractivity contribution in [1.29, 1.82) is 0 Å². The van der Waals surface area contributed by atoms with Crippen molar-refractivity contribution in [3.05, 3.63) is 29.8 Å². The molecule has 1 aliphatic heterocycles. The van der Waals surface area contributed by atoms with E-state index in [2.05, 4.69) is 0 Å². The largest absolute Gasteiger partial charge is 0.269 e. The van der Waals surface area contributed by atoms with Gasteiger partial charge in [-0.3, -0.25) is 4.18 Å². The summed E-state index contributed by atoms with van der Waals surface area (Å²) in [5.74, 6) is 0.161. The molecule has 0 N–H and O–H groups in total. The molecule has 124 valence electrons. The van der Waals surface area contributed by atoms with Crippen molar-refractivity contribution in [3.63, 3.8) is 0 Å². The topological polar surface area (TPSA) is 80.8 Å². The minimum atomic E-state index is -3.65. The molecule has 0 radical (unpaired) electrons. The van der Waals surface area contributed by atoms with Gasteiger partial charge in [0.1, 0.15) is 0 Å². The molecule has 0 aromatic heterocycles. The predicted octanol–water partition coefficient (Wildman–Crippen LogP) is 1.37. The smallest absolute Gasteiger partial charge is 0.264 e. The van der Waals surface area contributed by atoms with Gasteiger partial charge in [-0.15, -0.1) is 0 Å².